The van der Waals surface area contributed by atoms with E-state index in [2.05, 4.69) is 58.0 Å². The van der Waals surface area contributed by atoms with Crippen LogP contribution < -0.4 is 9.46 Å². The molecule has 2 N–H and O–H groups in total. The van der Waals surface area contributed by atoms with Crippen LogP contribution in [0.2, 0.25) is 0 Å². The third-order valence-electron chi connectivity index (χ3n) is 5.96. The zero-order chi connectivity index (χ0) is 20.3. The van der Waals surface area contributed by atoms with E-state index in [-0.39, 0.29) is 16.1 Å². The summed E-state index contributed by atoms with van der Waals surface area (Å²) in [4.78, 5) is 7.83. The zero-order valence-electron chi connectivity index (χ0n) is 17.5. The highest BCUT2D eigenvalue weighted by Gasteiger charge is 2.28. The molecular formula is C24H31N3OS. The molecule has 29 heavy (non-hydrogen) atoms. The second kappa shape index (κ2) is 8.72. The lowest BCUT2D eigenvalue weighted by Gasteiger charge is -2.33. The number of aromatic amines is 1. The monoisotopic (exact) mass is 409 g/mol. The van der Waals surface area contributed by atoms with Crippen molar-refractivity contribution < 1.29 is 4.74 Å². The molecule has 0 amide bonds. The minimum Gasteiger partial charge on any atom is -0.492 e. The van der Waals surface area contributed by atoms with Crippen molar-refractivity contribution in [2.75, 3.05) is 12.9 Å². The molecule has 0 bridgehead atoms. The van der Waals surface area contributed by atoms with Crippen LogP contribution in [-0.4, -0.2) is 28.7 Å². The topological polar surface area (TPSA) is 49.9 Å². The van der Waals surface area contributed by atoms with Crippen LogP contribution in [0.5, 0.6) is 5.75 Å². The maximum atomic E-state index is 6.39. The Hall–Kier alpha value is -2.11. The molecular weight excluding hydrogens is 378 g/mol. The van der Waals surface area contributed by atoms with Gasteiger partial charge < -0.3 is 9.72 Å². The van der Waals surface area contributed by atoms with E-state index in [9.17, 15) is 0 Å². The summed E-state index contributed by atoms with van der Waals surface area (Å²) in [7, 11) is -0.0108. The molecule has 4 rings (SSSR count). The van der Waals surface area contributed by atoms with Crippen LogP contribution >= 0.6 is 10.7 Å². The number of fused-ring (bicyclic) bond motifs is 1. The van der Waals surface area contributed by atoms with Crippen molar-refractivity contribution in [1.29, 1.82) is 0 Å². The highest BCUT2D eigenvalue weighted by atomic mass is 32.2. The molecule has 154 valence electrons. The summed E-state index contributed by atoms with van der Waals surface area (Å²) in [6.07, 6.45) is 12.5. The molecule has 1 saturated carbocycles. The fourth-order valence-electron chi connectivity index (χ4n) is 4.18. The first-order valence-corrected chi connectivity index (χ1v) is 12.2. The largest absolute Gasteiger partial charge is 0.492 e. The van der Waals surface area contributed by atoms with Crippen LogP contribution in [0, 0.1) is 5.41 Å². The lowest BCUT2D eigenvalue weighted by molar-refractivity contribution is 0.117. The molecule has 2 heterocycles. The van der Waals surface area contributed by atoms with Gasteiger partial charge in [0.1, 0.15) is 11.4 Å². The van der Waals surface area contributed by atoms with Crippen LogP contribution in [0.1, 0.15) is 44.6 Å². The van der Waals surface area contributed by atoms with Gasteiger partial charge in [0.05, 0.1) is 12.0 Å². The van der Waals surface area contributed by atoms with E-state index in [4.69, 9.17) is 4.74 Å². The van der Waals surface area contributed by atoms with E-state index in [1.54, 1.807) is 0 Å². The van der Waals surface area contributed by atoms with E-state index in [0.717, 1.165) is 35.5 Å². The van der Waals surface area contributed by atoms with Gasteiger partial charge in [-0.25, -0.2) is 4.98 Å². The number of H-pyrrole nitrogens is 1. The third-order valence-corrected chi connectivity index (χ3v) is 6.60. The van der Waals surface area contributed by atoms with Gasteiger partial charge in [0.25, 0.3) is 0 Å². The van der Waals surface area contributed by atoms with Crippen molar-refractivity contribution in [3.8, 4) is 16.9 Å². The van der Waals surface area contributed by atoms with E-state index < -0.39 is 0 Å². The van der Waals surface area contributed by atoms with Crippen molar-refractivity contribution in [3.05, 3.63) is 48.3 Å². The van der Waals surface area contributed by atoms with E-state index >= 15 is 0 Å². The molecule has 0 aliphatic heterocycles. The number of benzene rings is 1. The molecule has 0 spiro atoms. The van der Waals surface area contributed by atoms with Gasteiger partial charge in [-0.2, -0.15) is 0 Å². The number of hydrogen-bond acceptors (Lipinski definition) is 3. The summed E-state index contributed by atoms with van der Waals surface area (Å²) >= 11 is 0. The summed E-state index contributed by atoms with van der Waals surface area (Å²) in [6, 6.07) is 10.7. The van der Waals surface area contributed by atoms with Crippen molar-refractivity contribution in [2.45, 2.75) is 45.6 Å². The average molecular weight is 410 g/mol. The lowest BCUT2D eigenvalue weighted by atomic mass is 9.76. The molecule has 2 aromatic heterocycles. The Kier molecular flexibility index (Phi) is 6.07. The SMILES string of the molecule is C=S(C)NCc1ccc(-c2c[nH]c3nccc(OCC4(C)CCCCC4)c23)cc1. The molecule has 1 aliphatic carbocycles. The normalized spacial score (nSPS) is 17.3. The van der Waals surface area contributed by atoms with Crippen molar-refractivity contribution in [1.82, 2.24) is 14.7 Å². The summed E-state index contributed by atoms with van der Waals surface area (Å²) in [5.74, 6) is 4.93. The molecule has 1 fully saturated rings. The van der Waals surface area contributed by atoms with Gasteiger partial charge in [0.15, 0.2) is 0 Å². The molecule has 3 aromatic rings. The first kappa shape index (κ1) is 20.2. The Morgan fingerprint density at radius 1 is 1.17 bits per heavy atom. The summed E-state index contributed by atoms with van der Waals surface area (Å²) < 4.78 is 9.78. The Bertz CT molecular complexity index is 987. The Balaban J connectivity index is 1.58. The van der Waals surface area contributed by atoms with Gasteiger partial charge in [0, 0.05) is 29.9 Å². The number of nitrogens with one attached hydrogen (secondary N) is 2. The van der Waals surface area contributed by atoms with E-state index in [1.165, 1.54) is 43.2 Å². The standard InChI is InChI=1S/C24H31N3OS/c1-24(12-5-4-6-13-24)17-28-21-11-14-25-23-22(21)20(16-26-23)19-9-7-18(8-10-19)15-27-29(2)3/h7-11,14,16,27H,2,4-6,12-13,15,17H2,1,3H3,(H,25,26). The Morgan fingerprint density at radius 2 is 1.93 bits per heavy atom. The van der Waals surface area contributed by atoms with E-state index in [0.29, 0.717) is 0 Å². The Labute approximate surface area is 176 Å². The predicted molar refractivity (Wildman–Crippen MR) is 126 cm³/mol. The first-order chi connectivity index (χ1) is 14.0. The lowest BCUT2D eigenvalue weighted by Crippen LogP contribution is -2.27. The number of pyridine rings is 1. The number of ether oxygens (including phenoxy) is 1. The summed E-state index contributed by atoms with van der Waals surface area (Å²) in [6.45, 7) is 3.97. The van der Waals surface area contributed by atoms with E-state index in [1.807, 2.05) is 18.5 Å². The highest BCUT2D eigenvalue weighted by Crippen LogP contribution is 2.39. The maximum Gasteiger partial charge on any atom is 0.141 e. The first-order valence-electron chi connectivity index (χ1n) is 10.4. The fraction of sp³-hybridized carbons (Fsp3) is 0.417. The number of hydrogen-bond donors (Lipinski definition) is 2. The molecule has 0 saturated heterocycles. The van der Waals surface area contributed by atoms with Gasteiger partial charge in [-0.3, -0.25) is 4.72 Å². The highest BCUT2D eigenvalue weighted by molar-refractivity contribution is 8.11. The van der Waals surface area contributed by atoms with Gasteiger partial charge in [-0.15, -0.1) is 10.7 Å². The smallest absolute Gasteiger partial charge is 0.141 e. The summed E-state index contributed by atoms with van der Waals surface area (Å²) in [5, 5.41) is 1.07. The van der Waals surface area contributed by atoms with Gasteiger partial charge in [0.2, 0.25) is 0 Å². The molecule has 1 unspecified atom stereocenters. The second-order valence-electron chi connectivity index (χ2n) is 8.55. The van der Waals surface area contributed by atoms with Crippen LogP contribution in [0.15, 0.2) is 42.7 Å². The van der Waals surface area contributed by atoms with Crippen molar-refractivity contribution >= 4 is 27.6 Å². The van der Waals surface area contributed by atoms with Gasteiger partial charge in [-0.05, 0) is 36.3 Å². The predicted octanol–water partition coefficient (Wildman–Crippen LogP) is 5.91. The molecule has 5 heteroatoms. The molecule has 0 radical (unpaired) electrons. The van der Waals surface area contributed by atoms with Crippen LogP contribution in [0.3, 0.4) is 0 Å². The van der Waals surface area contributed by atoms with Crippen LogP contribution in [0.4, 0.5) is 0 Å². The van der Waals surface area contributed by atoms with Gasteiger partial charge in [-0.1, -0.05) is 56.3 Å². The van der Waals surface area contributed by atoms with Gasteiger partial charge >= 0.3 is 0 Å². The maximum absolute atomic E-state index is 6.39. The Morgan fingerprint density at radius 3 is 2.66 bits per heavy atom. The quantitative estimate of drug-likeness (QED) is 0.477. The molecule has 1 aromatic carbocycles. The fourth-order valence-corrected chi connectivity index (χ4v) is 4.60. The minimum absolute atomic E-state index is 0.0108. The minimum atomic E-state index is -0.0108. The zero-order valence-corrected chi connectivity index (χ0v) is 18.3. The van der Waals surface area contributed by atoms with Crippen molar-refractivity contribution in [3.63, 3.8) is 0 Å². The molecule has 1 aliphatic rings. The van der Waals surface area contributed by atoms with Crippen molar-refractivity contribution in [2.24, 2.45) is 5.41 Å². The van der Waals surface area contributed by atoms with Crippen LogP contribution in [-0.2, 0) is 6.54 Å². The second-order valence-corrected chi connectivity index (χ2v) is 10.1. The molecule has 4 nitrogen and oxygen atoms in total. The van der Waals surface area contributed by atoms with Crippen LogP contribution in [0.25, 0.3) is 22.2 Å². The number of aromatic nitrogens is 2. The summed E-state index contributed by atoms with van der Waals surface area (Å²) in [5.41, 5.74) is 4.74. The average Bonchev–Trinajstić information content (AvgIpc) is 3.16. The number of nitrogens with zero attached hydrogens (tertiary/aromatic N) is 1. The third kappa shape index (κ3) is 4.73. The number of rotatable bonds is 7. The molecule has 1 atom stereocenters.